The standard InChI is InChI=1S/C10H18N2OS/c1-4-13-5-9-12-8(6-14-9)10(11)7(2)3/h6-7,10H,4-5,11H2,1-3H3. The van der Waals surface area contributed by atoms with Gasteiger partial charge >= 0.3 is 0 Å². The quantitative estimate of drug-likeness (QED) is 0.818. The lowest BCUT2D eigenvalue weighted by atomic mass is 10.0. The topological polar surface area (TPSA) is 48.1 Å². The third-order valence-corrected chi connectivity index (χ3v) is 2.90. The van der Waals surface area contributed by atoms with Crippen molar-refractivity contribution >= 4 is 11.3 Å². The summed E-state index contributed by atoms with van der Waals surface area (Å²) in [5, 5.41) is 3.04. The van der Waals surface area contributed by atoms with Crippen molar-refractivity contribution in [2.24, 2.45) is 11.7 Å². The second kappa shape index (κ2) is 5.44. The molecule has 1 aromatic heterocycles. The maximum absolute atomic E-state index is 5.98. The Hall–Kier alpha value is -0.450. The van der Waals surface area contributed by atoms with Gasteiger partial charge in [-0.3, -0.25) is 0 Å². The lowest BCUT2D eigenvalue weighted by molar-refractivity contribution is 0.133. The molecule has 0 amide bonds. The van der Waals surface area contributed by atoms with Crippen molar-refractivity contribution in [1.82, 2.24) is 4.98 Å². The zero-order valence-corrected chi connectivity index (χ0v) is 9.80. The van der Waals surface area contributed by atoms with Crippen LogP contribution in [0, 0.1) is 5.92 Å². The molecule has 0 aliphatic carbocycles. The Kier molecular flexibility index (Phi) is 4.51. The Morgan fingerprint density at radius 2 is 2.29 bits per heavy atom. The highest BCUT2D eigenvalue weighted by molar-refractivity contribution is 7.09. The first kappa shape index (κ1) is 11.6. The number of rotatable bonds is 5. The summed E-state index contributed by atoms with van der Waals surface area (Å²) < 4.78 is 5.28. The number of nitrogens with zero attached hydrogens (tertiary/aromatic N) is 1. The normalized spacial score (nSPS) is 13.5. The maximum atomic E-state index is 5.98. The summed E-state index contributed by atoms with van der Waals surface area (Å²) >= 11 is 1.62. The molecule has 1 heterocycles. The molecule has 0 bridgehead atoms. The first-order valence-corrected chi connectivity index (χ1v) is 5.80. The van der Waals surface area contributed by atoms with Crippen molar-refractivity contribution < 1.29 is 4.74 Å². The van der Waals surface area contributed by atoms with Crippen LogP contribution in [0.4, 0.5) is 0 Å². The highest BCUT2D eigenvalue weighted by Crippen LogP contribution is 2.21. The van der Waals surface area contributed by atoms with E-state index < -0.39 is 0 Å². The molecular weight excluding hydrogens is 196 g/mol. The molecular formula is C10H18N2OS. The van der Waals surface area contributed by atoms with Crippen LogP contribution in [0.3, 0.4) is 0 Å². The van der Waals surface area contributed by atoms with Crippen molar-refractivity contribution in [3.05, 3.63) is 16.1 Å². The second-order valence-corrected chi connectivity index (χ2v) is 4.52. The zero-order valence-electron chi connectivity index (χ0n) is 8.99. The van der Waals surface area contributed by atoms with Crippen LogP contribution in [0.1, 0.15) is 37.5 Å². The molecule has 0 radical (unpaired) electrons. The van der Waals surface area contributed by atoms with Gasteiger partial charge in [-0.25, -0.2) is 4.98 Å². The van der Waals surface area contributed by atoms with E-state index in [2.05, 4.69) is 18.8 Å². The van der Waals surface area contributed by atoms with E-state index in [0.29, 0.717) is 12.5 Å². The molecule has 0 saturated heterocycles. The molecule has 0 aliphatic heterocycles. The molecule has 1 rings (SSSR count). The summed E-state index contributed by atoms with van der Waals surface area (Å²) in [5.41, 5.74) is 6.97. The van der Waals surface area contributed by atoms with E-state index in [4.69, 9.17) is 10.5 Å². The molecule has 0 spiro atoms. The van der Waals surface area contributed by atoms with Crippen LogP contribution in [0.2, 0.25) is 0 Å². The summed E-state index contributed by atoms with van der Waals surface area (Å²) in [5.74, 6) is 0.428. The predicted octanol–water partition coefficient (Wildman–Crippen LogP) is 2.34. The van der Waals surface area contributed by atoms with Crippen LogP contribution in [-0.4, -0.2) is 11.6 Å². The molecule has 1 atom stereocenters. The Balaban J connectivity index is 2.58. The molecule has 2 N–H and O–H groups in total. The van der Waals surface area contributed by atoms with E-state index in [9.17, 15) is 0 Å². The first-order valence-electron chi connectivity index (χ1n) is 4.92. The molecule has 0 aromatic carbocycles. The van der Waals surface area contributed by atoms with Crippen LogP contribution >= 0.6 is 11.3 Å². The Labute approximate surface area is 89.3 Å². The third-order valence-electron chi connectivity index (χ3n) is 2.06. The number of ether oxygens (including phenoxy) is 1. The highest BCUT2D eigenvalue weighted by atomic mass is 32.1. The van der Waals surface area contributed by atoms with Crippen molar-refractivity contribution in [1.29, 1.82) is 0 Å². The molecule has 14 heavy (non-hydrogen) atoms. The molecule has 0 saturated carbocycles. The summed E-state index contributed by atoms with van der Waals surface area (Å²) in [6, 6.07) is 0.0432. The number of nitrogens with two attached hydrogens (primary N) is 1. The number of aromatic nitrogens is 1. The van der Waals surface area contributed by atoms with E-state index in [1.807, 2.05) is 12.3 Å². The van der Waals surface area contributed by atoms with E-state index in [-0.39, 0.29) is 6.04 Å². The van der Waals surface area contributed by atoms with Crippen LogP contribution in [0.5, 0.6) is 0 Å². The van der Waals surface area contributed by atoms with E-state index >= 15 is 0 Å². The average molecular weight is 214 g/mol. The fourth-order valence-corrected chi connectivity index (χ4v) is 1.85. The van der Waals surface area contributed by atoms with Gasteiger partial charge < -0.3 is 10.5 Å². The van der Waals surface area contributed by atoms with Crippen LogP contribution < -0.4 is 5.73 Å². The molecule has 0 fully saturated rings. The third kappa shape index (κ3) is 3.04. The van der Waals surface area contributed by atoms with E-state index in [0.717, 1.165) is 17.3 Å². The smallest absolute Gasteiger partial charge is 0.119 e. The van der Waals surface area contributed by atoms with Gasteiger partial charge in [0.2, 0.25) is 0 Å². The van der Waals surface area contributed by atoms with E-state index in [1.165, 1.54) is 0 Å². The van der Waals surface area contributed by atoms with Gasteiger partial charge in [0, 0.05) is 12.0 Å². The van der Waals surface area contributed by atoms with Crippen molar-refractivity contribution in [3.63, 3.8) is 0 Å². The summed E-state index contributed by atoms with van der Waals surface area (Å²) in [7, 11) is 0. The molecule has 0 aliphatic rings. The molecule has 3 nitrogen and oxygen atoms in total. The average Bonchev–Trinajstić information content (AvgIpc) is 2.61. The Morgan fingerprint density at radius 3 is 2.86 bits per heavy atom. The molecule has 1 unspecified atom stereocenters. The van der Waals surface area contributed by atoms with Gasteiger partial charge in [0.15, 0.2) is 0 Å². The van der Waals surface area contributed by atoms with Gasteiger partial charge in [0.1, 0.15) is 5.01 Å². The fraction of sp³-hybridized carbons (Fsp3) is 0.700. The Morgan fingerprint density at radius 1 is 1.57 bits per heavy atom. The SMILES string of the molecule is CCOCc1nc(C(N)C(C)C)cs1. The summed E-state index contributed by atoms with van der Waals surface area (Å²) in [6.07, 6.45) is 0. The summed E-state index contributed by atoms with van der Waals surface area (Å²) in [4.78, 5) is 4.44. The first-order chi connectivity index (χ1) is 6.65. The van der Waals surface area contributed by atoms with Crippen molar-refractivity contribution in [2.75, 3.05) is 6.61 Å². The van der Waals surface area contributed by atoms with Gasteiger partial charge in [-0.15, -0.1) is 11.3 Å². The fourth-order valence-electron chi connectivity index (χ4n) is 1.08. The minimum absolute atomic E-state index is 0.0432. The number of thiazole rings is 1. The van der Waals surface area contributed by atoms with E-state index in [1.54, 1.807) is 11.3 Å². The number of hydrogen-bond donors (Lipinski definition) is 1. The lowest BCUT2D eigenvalue weighted by Gasteiger charge is -2.11. The van der Waals surface area contributed by atoms with Crippen molar-refractivity contribution in [2.45, 2.75) is 33.4 Å². The highest BCUT2D eigenvalue weighted by Gasteiger charge is 2.13. The van der Waals surface area contributed by atoms with Gasteiger partial charge in [0.05, 0.1) is 18.3 Å². The van der Waals surface area contributed by atoms with Gasteiger partial charge in [-0.1, -0.05) is 13.8 Å². The molecule has 80 valence electrons. The maximum Gasteiger partial charge on any atom is 0.119 e. The second-order valence-electron chi connectivity index (χ2n) is 3.57. The largest absolute Gasteiger partial charge is 0.375 e. The summed E-state index contributed by atoms with van der Waals surface area (Å²) in [6.45, 7) is 7.52. The van der Waals surface area contributed by atoms with Gasteiger partial charge in [-0.05, 0) is 12.8 Å². The minimum Gasteiger partial charge on any atom is -0.375 e. The van der Waals surface area contributed by atoms with Crippen LogP contribution in [0.15, 0.2) is 5.38 Å². The number of hydrogen-bond acceptors (Lipinski definition) is 4. The molecule has 4 heteroatoms. The van der Waals surface area contributed by atoms with Crippen LogP contribution in [0.25, 0.3) is 0 Å². The minimum atomic E-state index is 0.0432. The van der Waals surface area contributed by atoms with Gasteiger partial charge in [-0.2, -0.15) is 0 Å². The van der Waals surface area contributed by atoms with Crippen LogP contribution in [-0.2, 0) is 11.3 Å². The lowest BCUT2D eigenvalue weighted by Crippen LogP contribution is -2.17. The van der Waals surface area contributed by atoms with Crippen molar-refractivity contribution in [3.8, 4) is 0 Å². The monoisotopic (exact) mass is 214 g/mol. The Bertz CT molecular complexity index is 273. The zero-order chi connectivity index (χ0) is 10.6. The predicted molar refractivity (Wildman–Crippen MR) is 59.2 cm³/mol. The molecule has 1 aromatic rings. The van der Waals surface area contributed by atoms with Gasteiger partial charge in [0.25, 0.3) is 0 Å².